The van der Waals surface area contributed by atoms with Gasteiger partial charge in [0.15, 0.2) is 0 Å². The Morgan fingerprint density at radius 3 is 2.44 bits per heavy atom. The smallest absolute Gasteiger partial charge is 0.294 e. The van der Waals surface area contributed by atoms with E-state index in [9.17, 15) is 18.6 Å². The van der Waals surface area contributed by atoms with Crippen LogP contribution in [0.5, 0.6) is 11.5 Å². The van der Waals surface area contributed by atoms with Crippen LogP contribution in [0.4, 0.5) is 0 Å². The van der Waals surface area contributed by atoms with Crippen LogP contribution in [0.25, 0.3) is 10.8 Å². The van der Waals surface area contributed by atoms with Crippen LogP contribution in [0.3, 0.4) is 0 Å². The molecule has 2 N–H and O–H groups in total. The van der Waals surface area contributed by atoms with Crippen LogP contribution < -0.4 is 5.11 Å². The molecule has 0 unspecified atom stereocenters. The molecule has 0 radical (unpaired) electrons. The summed E-state index contributed by atoms with van der Waals surface area (Å²) in [6.45, 7) is 0. The molecule has 5 nitrogen and oxygen atoms in total. The van der Waals surface area contributed by atoms with Crippen LogP contribution in [0, 0.1) is 0 Å². The highest BCUT2D eigenvalue weighted by atomic mass is 32.2. The lowest BCUT2D eigenvalue weighted by Gasteiger charge is -2.12. The van der Waals surface area contributed by atoms with Gasteiger partial charge in [0.05, 0.1) is 4.90 Å². The molecule has 0 aliphatic heterocycles. The molecule has 0 amide bonds. The van der Waals surface area contributed by atoms with Gasteiger partial charge in [-0.2, -0.15) is 8.42 Å². The van der Waals surface area contributed by atoms with Crippen molar-refractivity contribution in [2.75, 3.05) is 0 Å². The Kier molecular flexibility index (Phi) is 2.25. The molecule has 84 valence electrons. The molecule has 6 heteroatoms. The number of rotatable bonds is 1. The van der Waals surface area contributed by atoms with Crippen molar-refractivity contribution in [2.45, 2.75) is 4.90 Å². The first-order valence-corrected chi connectivity index (χ1v) is 5.73. The fourth-order valence-corrected chi connectivity index (χ4v) is 1.97. The minimum atomic E-state index is -4.39. The summed E-state index contributed by atoms with van der Waals surface area (Å²) in [7, 11) is -4.39. The predicted molar refractivity (Wildman–Crippen MR) is 54.9 cm³/mol. The third kappa shape index (κ3) is 1.80. The first-order chi connectivity index (χ1) is 7.38. The lowest BCUT2D eigenvalue weighted by atomic mass is 10.1. The van der Waals surface area contributed by atoms with Crippen LogP contribution in [0.1, 0.15) is 0 Å². The minimum Gasteiger partial charge on any atom is -0.872 e. The van der Waals surface area contributed by atoms with E-state index in [1.54, 1.807) is 0 Å². The second kappa shape index (κ2) is 3.36. The van der Waals surface area contributed by atoms with Crippen molar-refractivity contribution in [1.29, 1.82) is 0 Å². The van der Waals surface area contributed by atoms with Crippen molar-refractivity contribution in [1.82, 2.24) is 0 Å². The maximum absolute atomic E-state index is 11.5. The number of hydrogen-bond acceptors (Lipinski definition) is 4. The number of phenolic OH excluding ortho intramolecular Hbond substituents is 1. The second-order valence-corrected chi connectivity index (χ2v) is 4.72. The highest BCUT2D eigenvalue weighted by molar-refractivity contribution is 7.85. The maximum Gasteiger partial charge on any atom is 0.294 e. The van der Waals surface area contributed by atoms with Gasteiger partial charge in [0.25, 0.3) is 10.1 Å². The summed E-state index contributed by atoms with van der Waals surface area (Å²) in [6, 6.07) is 5.96. The van der Waals surface area contributed by atoms with Gasteiger partial charge in [-0.1, -0.05) is 11.8 Å². The standard InChI is InChI=1S/C10H8O5S/c11-7-2-1-6-3-8(16(13,14)15)5-10(12)9(6)4-7/h1-5,11-12H,(H,13,14,15)/p-1. The van der Waals surface area contributed by atoms with Crippen LogP contribution in [0.15, 0.2) is 35.2 Å². The fraction of sp³-hybridized carbons (Fsp3) is 0. The molecule has 2 aromatic rings. The van der Waals surface area contributed by atoms with Crippen molar-refractivity contribution in [3.63, 3.8) is 0 Å². The van der Waals surface area contributed by atoms with E-state index in [1.807, 2.05) is 0 Å². The first-order valence-electron chi connectivity index (χ1n) is 4.29. The molecule has 0 atom stereocenters. The first kappa shape index (κ1) is 10.7. The van der Waals surface area contributed by atoms with Crippen molar-refractivity contribution < 1.29 is 23.2 Å². The zero-order chi connectivity index (χ0) is 11.9. The van der Waals surface area contributed by atoms with Gasteiger partial charge in [0.1, 0.15) is 5.75 Å². The Bertz CT molecular complexity index is 660. The van der Waals surface area contributed by atoms with E-state index in [1.165, 1.54) is 24.3 Å². The lowest BCUT2D eigenvalue weighted by molar-refractivity contribution is -0.266. The van der Waals surface area contributed by atoms with E-state index < -0.39 is 20.8 Å². The summed E-state index contributed by atoms with van der Waals surface area (Å²) in [5.74, 6) is -0.648. The van der Waals surface area contributed by atoms with Crippen LogP contribution in [-0.4, -0.2) is 18.1 Å². The maximum atomic E-state index is 11.5. The van der Waals surface area contributed by atoms with Gasteiger partial charge in [0.2, 0.25) is 0 Å². The SMILES string of the molecule is O=S(=O)(O)c1cc([O-])c2cc(O)ccc2c1. The summed E-state index contributed by atoms with van der Waals surface area (Å²) in [6.07, 6.45) is 0. The molecule has 0 heterocycles. The molecule has 0 aliphatic rings. The zero-order valence-electron chi connectivity index (χ0n) is 7.91. The van der Waals surface area contributed by atoms with E-state index in [0.717, 1.165) is 6.07 Å². The molecule has 0 saturated heterocycles. The summed E-state index contributed by atoms with van der Waals surface area (Å²) >= 11 is 0. The van der Waals surface area contributed by atoms with Crippen molar-refractivity contribution in [3.05, 3.63) is 30.3 Å². The molecule has 0 spiro atoms. The van der Waals surface area contributed by atoms with Crippen molar-refractivity contribution in [3.8, 4) is 11.5 Å². The lowest BCUT2D eigenvalue weighted by Crippen LogP contribution is -2.00. The number of aromatic hydroxyl groups is 1. The Labute approximate surface area is 91.3 Å². The number of phenols is 1. The number of fused-ring (bicyclic) bond motifs is 1. The Hall–Kier alpha value is -1.79. The summed E-state index contributed by atoms with van der Waals surface area (Å²) in [5.41, 5.74) is 0. The van der Waals surface area contributed by atoms with Gasteiger partial charge in [0, 0.05) is 0 Å². The molecule has 0 saturated carbocycles. The minimum absolute atomic E-state index is 0.0794. The molecule has 0 bridgehead atoms. The molecule has 0 aromatic heterocycles. The van der Waals surface area contributed by atoms with Gasteiger partial charge in [-0.25, -0.2) is 0 Å². The van der Waals surface area contributed by atoms with E-state index >= 15 is 0 Å². The quantitative estimate of drug-likeness (QED) is 0.719. The monoisotopic (exact) mass is 239 g/mol. The summed E-state index contributed by atoms with van der Waals surface area (Å²) < 4.78 is 30.5. The summed E-state index contributed by atoms with van der Waals surface area (Å²) in [5, 5.41) is 21.2. The van der Waals surface area contributed by atoms with E-state index in [-0.39, 0.29) is 11.1 Å². The predicted octanol–water partition coefficient (Wildman–Crippen LogP) is 0.866. The highest BCUT2D eigenvalue weighted by Crippen LogP contribution is 2.29. The topological polar surface area (TPSA) is 97.7 Å². The van der Waals surface area contributed by atoms with Crippen LogP contribution >= 0.6 is 0 Å². The van der Waals surface area contributed by atoms with E-state index in [0.29, 0.717) is 5.39 Å². The molecule has 0 fully saturated rings. The zero-order valence-corrected chi connectivity index (χ0v) is 8.73. The average molecular weight is 239 g/mol. The molecule has 2 rings (SSSR count). The third-order valence-electron chi connectivity index (χ3n) is 2.17. The number of benzene rings is 2. The van der Waals surface area contributed by atoms with Gasteiger partial charge in [-0.15, -0.1) is 0 Å². The average Bonchev–Trinajstić information content (AvgIpc) is 2.17. The number of hydrogen-bond donors (Lipinski definition) is 2. The fourth-order valence-electron chi connectivity index (χ4n) is 1.43. The second-order valence-electron chi connectivity index (χ2n) is 3.30. The Morgan fingerprint density at radius 2 is 1.81 bits per heavy atom. The van der Waals surface area contributed by atoms with Crippen molar-refractivity contribution in [2.24, 2.45) is 0 Å². The molecular weight excluding hydrogens is 232 g/mol. The Balaban J connectivity index is 2.84. The molecular formula is C10H7O5S-. The van der Waals surface area contributed by atoms with E-state index in [4.69, 9.17) is 4.55 Å². The normalized spacial score (nSPS) is 11.8. The summed E-state index contributed by atoms with van der Waals surface area (Å²) in [4.78, 5) is -0.448. The largest absolute Gasteiger partial charge is 0.872 e. The molecule has 2 aromatic carbocycles. The van der Waals surface area contributed by atoms with E-state index in [2.05, 4.69) is 0 Å². The van der Waals surface area contributed by atoms with Crippen LogP contribution in [-0.2, 0) is 10.1 Å². The molecule has 16 heavy (non-hydrogen) atoms. The third-order valence-corrected chi connectivity index (χ3v) is 3.00. The highest BCUT2D eigenvalue weighted by Gasteiger charge is 2.10. The van der Waals surface area contributed by atoms with Gasteiger partial charge >= 0.3 is 0 Å². The van der Waals surface area contributed by atoms with Gasteiger partial charge in [-0.3, -0.25) is 4.55 Å². The van der Waals surface area contributed by atoms with Gasteiger partial charge < -0.3 is 10.2 Å². The van der Waals surface area contributed by atoms with Crippen LogP contribution in [0.2, 0.25) is 0 Å². The van der Waals surface area contributed by atoms with Crippen molar-refractivity contribution >= 4 is 20.9 Å². The Morgan fingerprint density at radius 1 is 1.12 bits per heavy atom. The molecule has 0 aliphatic carbocycles. The van der Waals surface area contributed by atoms with Gasteiger partial charge in [-0.05, 0) is 35.0 Å².